The van der Waals surface area contributed by atoms with Crippen LogP contribution in [0.15, 0.2) is 36.2 Å². The summed E-state index contributed by atoms with van der Waals surface area (Å²) in [6.45, 7) is 0. The van der Waals surface area contributed by atoms with Crippen molar-refractivity contribution in [1.29, 1.82) is 0 Å². The van der Waals surface area contributed by atoms with Crippen LogP contribution in [0.4, 0.5) is 17.6 Å². The third kappa shape index (κ3) is 6.14. The van der Waals surface area contributed by atoms with Gasteiger partial charge in [0, 0.05) is 5.92 Å². The molecule has 1 aromatic carbocycles. The Bertz CT molecular complexity index is 711. The quantitative estimate of drug-likeness (QED) is 0.413. The number of rotatable bonds is 4. The first-order chi connectivity index (χ1) is 14.9. The average molecular weight is 437 g/mol. The zero-order chi connectivity index (χ0) is 21.8. The van der Waals surface area contributed by atoms with Crippen molar-refractivity contribution in [1.82, 2.24) is 0 Å². The summed E-state index contributed by atoms with van der Waals surface area (Å²) in [5, 5.41) is 0. The second-order valence-electron chi connectivity index (χ2n) is 10.3. The van der Waals surface area contributed by atoms with Crippen molar-refractivity contribution in [2.45, 2.75) is 101 Å². The first kappa shape index (κ1) is 22.9. The van der Waals surface area contributed by atoms with Gasteiger partial charge in [-0.3, -0.25) is 0 Å². The van der Waals surface area contributed by atoms with Gasteiger partial charge < -0.3 is 0 Å². The van der Waals surface area contributed by atoms with E-state index in [2.05, 4.69) is 24.3 Å². The number of halogens is 4. The summed E-state index contributed by atoms with van der Waals surface area (Å²) in [5.74, 6) is 1.12. The molecule has 0 spiro atoms. The zero-order valence-corrected chi connectivity index (χ0v) is 18.5. The van der Waals surface area contributed by atoms with Gasteiger partial charge in [0.05, 0.1) is 6.08 Å². The van der Waals surface area contributed by atoms with Crippen molar-refractivity contribution in [3.05, 3.63) is 47.3 Å². The molecule has 4 rings (SSSR count). The van der Waals surface area contributed by atoms with E-state index in [-0.39, 0.29) is 6.08 Å². The van der Waals surface area contributed by atoms with Gasteiger partial charge in [-0.1, -0.05) is 43.5 Å². The van der Waals surface area contributed by atoms with Gasteiger partial charge in [-0.05, 0) is 99.0 Å². The fraction of sp³-hybridized carbons (Fsp3) is 0.704. The lowest BCUT2D eigenvalue weighted by Gasteiger charge is -2.37. The van der Waals surface area contributed by atoms with Gasteiger partial charge in [0.25, 0.3) is 0 Å². The molecule has 0 radical (unpaired) electrons. The fourth-order valence-electron chi connectivity index (χ4n) is 6.54. The largest absolute Gasteiger partial charge is 0.412 e. The molecule has 31 heavy (non-hydrogen) atoms. The van der Waals surface area contributed by atoms with Gasteiger partial charge >= 0.3 is 6.18 Å². The molecule has 3 aliphatic rings. The summed E-state index contributed by atoms with van der Waals surface area (Å²) in [5.41, 5.74) is 2.99. The van der Waals surface area contributed by atoms with Gasteiger partial charge in [-0.15, -0.1) is 0 Å². The van der Waals surface area contributed by atoms with Crippen LogP contribution >= 0.6 is 0 Å². The standard InChI is InChI=1S/C27H36F4/c28-26(18-27(29,30)31)25-16-14-24(15-17-25)23-12-10-22(11-13-23)21-8-6-20(7-9-21)19-4-2-1-3-5-19/h6-9,18-19,22-25H,1-5,10-17H2/b26-18-. The molecule has 4 heteroatoms. The summed E-state index contributed by atoms with van der Waals surface area (Å²) in [7, 11) is 0. The number of benzene rings is 1. The van der Waals surface area contributed by atoms with Crippen LogP contribution in [0.3, 0.4) is 0 Å². The molecule has 0 heterocycles. The van der Waals surface area contributed by atoms with E-state index in [0.29, 0.717) is 30.6 Å². The monoisotopic (exact) mass is 436 g/mol. The highest BCUT2D eigenvalue weighted by Gasteiger charge is 2.34. The predicted octanol–water partition coefficient (Wildman–Crippen LogP) is 9.23. The lowest BCUT2D eigenvalue weighted by atomic mass is 9.68. The molecule has 0 atom stereocenters. The Kier molecular flexibility index (Phi) is 7.44. The van der Waals surface area contributed by atoms with Crippen LogP contribution in [0.2, 0.25) is 0 Å². The Morgan fingerprint density at radius 3 is 1.58 bits per heavy atom. The molecule has 0 bridgehead atoms. The molecule has 3 aliphatic carbocycles. The molecule has 0 N–H and O–H groups in total. The SMILES string of the molecule is F/C(=C\C(F)(F)F)C1CCC(C2CCC(c3ccc(C4CCCCC4)cc3)CC2)CC1. The van der Waals surface area contributed by atoms with Crippen molar-refractivity contribution in [3.8, 4) is 0 Å². The second-order valence-corrected chi connectivity index (χ2v) is 10.3. The predicted molar refractivity (Wildman–Crippen MR) is 118 cm³/mol. The number of allylic oxidation sites excluding steroid dienone is 2. The van der Waals surface area contributed by atoms with Crippen LogP contribution < -0.4 is 0 Å². The molecule has 172 valence electrons. The molecule has 0 amide bonds. The minimum absolute atomic E-state index is 0.136. The van der Waals surface area contributed by atoms with Crippen LogP contribution in [0, 0.1) is 17.8 Å². The average Bonchev–Trinajstić information content (AvgIpc) is 2.79. The highest BCUT2D eigenvalue weighted by atomic mass is 19.4. The maximum Gasteiger partial charge on any atom is 0.412 e. The molecule has 0 aromatic heterocycles. The molecule has 0 unspecified atom stereocenters. The molecular formula is C27H36F4. The van der Waals surface area contributed by atoms with E-state index in [4.69, 9.17) is 0 Å². The van der Waals surface area contributed by atoms with Gasteiger partial charge in [0.1, 0.15) is 5.83 Å². The zero-order valence-electron chi connectivity index (χ0n) is 18.5. The Hall–Kier alpha value is -1.32. The van der Waals surface area contributed by atoms with Crippen molar-refractivity contribution in [2.75, 3.05) is 0 Å². The highest BCUT2D eigenvalue weighted by Crippen LogP contribution is 2.45. The first-order valence-corrected chi connectivity index (χ1v) is 12.4. The van der Waals surface area contributed by atoms with Gasteiger partial charge in [-0.25, -0.2) is 4.39 Å². The summed E-state index contributed by atoms with van der Waals surface area (Å²) in [4.78, 5) is 0. The first-order valence-electron chi connectivity index (χ1n) is 12.4. The van der Waals surface area contributed by atoms with E-state index in [1.165, 1.54) is 68.9 Å². The van der Waals surface area contributed by atoms with Crippen LogP contribution in [-0.4, -0.2) is 6.18 Å². The Balaban J connectivity index is 1.24. The lowest BCUT2D eigenvalue weighted by molar-refractivity contribution is -0.0821. The van der Waals surface area contributed by atoms with Gasteiger partial charge in [0.15, 0.2) is 0 Å². The maximum atomic E-state index is 13.9. The smallest absolute Gasteiger partial charge is 0.212 e. The van der Waals surface area contributed by atoms with Crippen molar-refractivity contribution < 1.29 is 17.6 Å². The third-order valence-electron chi connectivity index (χ3n) is 8.39. The minimum Gasteiger partial charge on any atom is -0.212 e. The number of alkyl halides is 3. The Morgan fingerprint density at radius 1 is 0.645 bits per heavy atom. The highest BCUT2D eigenvalue weighted by molar-refractivity contribution is 5.28. The van der Waals surface area contributed by atoms with Crippen molar-refractivity contribution >= 4 is 0 Å². The van der Waals surface area contributed by atoms with Gasteiger partial charge in [-0.2, -0.15) is 13.2 Å². The molecule has 0 saturated heterocycles. The Morgan fingerprint density at radius 2 is 1.10 bits per heavy atom. The molecule has 0 nitrogen and oxygen atoms in total. The summed E-state index contributed by atoms with van der Waals surface area (Å²) in [6, 6.07) is 9.44. The van der Waals surface area contributed by atoms with Crippen LogP contribution in [0.1, 0.15) is 106 Å². The molecule has 3 fully saturated rings. The topological polar surface area (TPSA) is 0 Å². The summed E-state index contributed by atoms with van der Waals surface area (Å²) < 4.78 is 51.1. The number of hydrogen-bond acceptors (Lipinski definition) is 0. The van der Waals surface area contributed by atoms with Crippen LogP contribution in [-0.2, 0) is 0 Å². The Labute approximate surface area is 184 Å². The normalized spacial score (nSPS) is 31.5. The second kappa shape index (κ2) is 10.1. The van der Waals surface area contributed by atoms with Crippen molar-refractivity contribution in [2.24, 2.45) is 17.8 Å². The van der Waals surface area contributed by atoms with Crippen LogP contribution in [0.5, 0.6) is 0 Å². The van der Waals surface area contributed by atoms with Gasteiger partial charge in [0.2, 0.25) is 0 Å². The molecule has 0 aliphatic heterocycles. The maximum absolute atomic E-state index is 13.9. The third-order valence-corrected chi connectivity index (χ3v) is 8.39. The van der Waals surface area contributed by atoms with Crippen molar-refractivity contribution in [3.63, 3.8) is 0 Å². The summed E-state index contributed by atoms with van der Waals surface area (Å²) >= 11 is 0. The van der Waals surface area contributed by atoms with E-state index < -0.39 is 17.9 Å². The minimum atomic E-state index is -4.55. The molecule has 3 saturated carbocycles. The molecule has 1 aromatic rings. The lowest BCUT2D eigenvalue weighted by Crippen LogP contribution is -2.26. The molecular weight excluding hydrogens is 400 g/mol. The summed E-state index contributed by atoms with van der Waals surface area (Å²) in [6.07, 6.45) is 9.78. The van der Waals surface area contributed by atoms with E-state index in [1.54, 1.807) is 0 Å². The van der Waals surface area contributed by atoms with E-state index >= 15 is 0 Å². The van der Waals surface area contributed by atoms with E-state index in [9.17, 15) is 17.6 Å². The number of hydrogen-bond donors (Lipinski definition) is 0. The van der Waals surface area contributed by atoms with Crippen LogP contribution in [0.25, 0.3) is 0 Å². The van der Waals surface area contributed by atoms with E-state index in [0.717, 1.165) is 18.8 Å². The van der Waals surface area contributed by atoms with E-state index in [1.807, 2.05) is 0 Å². The fourth-order valence-corrected chi connectivity index (χ4v) is 6.54.